The van der Waals surface area contributed by atoms with E-state index in [1.807, 2.05) is 30.3 Å². The SMILES string of the molecule is CN=C(NCC(=O)NCc1ccc(OC)cc1)NCc1ccc(S(C)(=O)=O)c(C)c1. The molecule has 30 heavy (non-hydrogen) atoms. The van der Waals surface area contributed by atoms with E-state index in [4.69, 9.17) is 4.74 Å². The normalized spacial score (nSPS) is 11.7. The monoisotopic (exact) mass is 432 g/mol. The topological polar surface area (TPSA) is 109 Å². The van der Waals surface area contributed by atoms with Gasteiger partial charge in [0.1, 0.15) is 5.75 Å². The van der Waals surface area contributed by atoms with Gasteiger partial charge in [0, 0.05) is 26.4 Å². The van der Waals surface area contributed by atoms with Crippen molar-refractivity contribution in [3.63, 3.8) is 0 Å². The first-order valence-electron chi connectivity index (χ1n) is 9.36. The Balaban J connectivity index is 1.80. The van der Waals surface area contributed by atoms with Gasteiger partial charge in [0.05, 0.1) is 18.6 Å². The van der Waals surface area contributed by atoms with E-state index in [1.165, 1.54) is 6.26 Å². The Labute approximate surface area is 177 Å². The molecule has 0 bridgehead atoms. The molecule has 0 aromatic heterocycles. The third-order valence-corrected chi connectivity index (χ3v) is 5.64. The minimum atomic E-state index is -3.24. The molecular formula is C21H28N4O4S. The smallest absolute Gasteiger partial charge is 0.239 e. The Kier molecular flexibility index (Phi) is 8.23. The quantitative estimate of drug-likeness (QED) is 0.430. The maximum Gasteiger partial charge on any atom is 0.239 e. The van der Waals surface area contributed by atoms with E-state index in [1.54, 1.807) is 33.2 Å². The largest absolute Gasteiger partial charge is 0.497 e. The fourth-order valence-corrected chi connectivity index (χ4v) is 3.77. The summed E-state index contributed by atoms with van der Waals surface area (Å²) < 4.78 is 28.5. The molecule has 162 valence electrons. The van der Waals surface area contributed by atoms with Crippen molar-refractivity contribution in [2.24, 2.45) is 4.99 Å². The number of hydrogen-bond donors (Lipinski definition) is 3. The van der Waals surface area contributed by atoms with Crippen molar-refractivity contribution >= 4 is 21.7 Å². The van der Waals surface area contributed by atoms with E-state index < -0.39 is 9.84 Å². The third kappa shape index (κ3) is 7.07. The number of hydrogen-bond acceptors (Lipinski definition) is 5. The van der Waals surface area contributed by atoms with Crippen LogP contribution in [0.15, 0.2) is 52.4 Å². The number of carbonyl (C=O) groups excluding carboxylic acids is 1. The highest BCUT2D eigenvalue weighted by Crippen LogP contribution is 2.16. The molecule has 0 saturated heterocycles. The molecule has 0 atom stereocenters. The fourth-order valence-electron chi connectivity index (χ4n) is 2.81. The van der Waals surface area contributed by atoms with E-state index in [-0.39, 0.29) is 12.5 Å². The van der Waals surface area contributed by atoms with Crippen LogP contribution in [0.2, 0.25) is 0 Å². The Bertz CT molecular complexity index is 1000. The lowest BCUT2D eigenvalue weighted by atomic mass is 10.1. The molecule has 1 amide bonds. The zero-order chi connectivity index (χ0) is 22.1. The molecule has 0 aliphatic rings. The van der Waals surface area contributed by atoms with Crippen LogP contribution in [-0.2, 0) is 27.7 Å². The van der Waals surface area contributed by atoms with Crippen molar-refractivity contribution in [3.05, 3.63) is 59.2 Å². The van der Waals surface area contributed by atoms with E-state index in [2.05, 4.69) is 20.9 Å². The Hall–Kier alpha value is -3.07. The van der Waals surface area contributed by atoms with Crippen molar-refractivity contribution in [3.8, 4) is 5.75 Å². The summed E-state index contributed by atoms with van der Waals surface area (Å²) in [5, 5.41) is 8.90. The molecular weight excluding hydrogens is 404 g/mol. The zero-order valence-electron chi connectivity index (χ0n) is 17.7. The summed E-state index contributed by atoms with van der Waals surface area (Å²) in [6.45, 7) is 2.70. The van der Waals surface area contributed by atoms with E-state index >= 15 is 0 Å². The maximum atomic E-state index is 12.1. The van der Waals surface area contributed by atoms with E-state index in [9.17, 15) is 13.2 Å². The molecule has 0 fully saturated rings. The second-order valence-electron chi connectivity index (χ2n) is 6.78. The predicted molar refractivity (Wildman–Crippen MR) is 117 cm³/mol. The highest BCUT2D eigenvalue weighted by atomic mass is 32.2. The minimum absolute atomic E-state index is 0.0713. The van der Waals surface area contributed by atoms with Crippen LogP contribution in [-0.4, -0.2) is 47.2 Å². The molecule has 2 aromatic rings. The Morgan fingerprint density at radius 1 is 1.00 bits per heavy atom. The van der Waals surface area contributed by atoms with Crippen molar-refractivity contribution < 1.29 is 17.9 Å². The summed E-state index contributed by atoms with van der Waals surface area (Å²) in [7, 11) is -0.0207. The Morgan fingerprint density at radius 3 is 2.20 bits per heavy atom. The van der Waals surface area contributed by atoms with Gasteiger partial charge in [-0.15, -0.1) is 0 Å². The molecule has 8 nitrogen and oxygen atoms in total. The number of amides is 1. The third-order valence-electron chi connectivity index (χ3n) is 4.39. The predicted octanol–water partition coefficient (Wildman–Crippen LogP) is 1.39. The lowest BCUT2D eigenvalue weighted by Crippen LogP contribution is -2.42. The first-order valence-corrected chi connectivity index (χ1v) is 11.3. The van der Waals surface area contributed by atoms with Crippen LogP contribution >= 0.6 is 0 Å². The molecule has 0 heterocycles. The van der Waals surface area contributed by atoms with Gasteiger partial charge in [-0.05, 0) is 41.8 Å². The van der Waals surface area contributed by atoms with Crippen LogP contribution in [0.1, 0.15) is 16.7 Å². The van der Waals surface area contributed by atoms with Crippen molar-refractivity contribution in [1.82, 2.24) is 16.0 Å². The van der Waals surface area contributed by atoms with Gasteiger partial charge in [-0.3, -0.25) is 9.79 Å². The molecule has 0 unspecified atom stereocenters. The molecule has 2 rings (SSSR count). The van der Waals surface area contributed by atoms with Gasteiger partial charge in [-0.25, -0.2) is 8.42 Å². The van der Waals surface area contributed by atoms with Gasteiger partial charge in [0.15, 0.2) is 15.8 Å². The van der Waals surface area contributed by atoms with E-state index in [0.29, 0.717) is 29.5 Å². The summed E-state index contributed by atoms with van der Waals surface area (Å²) in [5.41, 5.74) is 2.57. The second-order valence-corrected chi connectivity index (χ2v) is 8.76. The maximum absolute atomic E-state index is 12.1. The van der Waals surface area contributed by atoms with Gasteiger partial charge >= 0.3 is 0 Å². The molecule has 2 aromatic carbocycles. The van der Waals surface area contributed by atoms with E-state index in [0.717, 1.165) is 16.9 Å². The first kappa shape index (κ1) is 23.2. The Morgan fingerprint density at radius 2 is 1.63 bits per heavy atom. The molecule has 0 spiro atoms. The molecule has 9 heteroatoms. The van der Waals surface area contributed by atoms with Gasteiger partial charge in [0.25, 0.3) is 0 Å². The summed E-state index contributed by atoms with van der Waals surface area (Å²) in [6, 6.07) is 12.6. The number of nitrogens with one attached hydrogen (secondary N) is 3. The fraction of sp³-hybridized carbons (Fsp3) is 0.333. The standard InChI is InChI=1S/C21H28N4O4S/c1-15-11-17(7-10-19(15)30(4,27)28)13-24-21(22-2)25-14-20(26)23-12-16-5-8-18(29-3)9-6-16/h5-11H,12-14H2,1-4H3,(H,23,26)(H2,22,24,25). The number of aryl methyl sites for hydroxylation is 1. The van der Waals surface area contributed by atoms with Gasteiger partial charge < -0.3 is 20.7 Å². The lowest BCUT2D eigenvalue weighted by molar-refractivity contribution is -0.120. The number of nitrogens with zero attached hydrogens (tertiary/aromatic N) is 1. The number of benzene rings is 2. The number of guanidine groups is 1. The number of sulfone groups is 1. The van der Waals surface area contributed by atoms with Crippen LogP contribution in [0, 0.1) is 6.92 Å². The number of rotatable bonds is 8. The van der Waals surface area contributed by atoms with Gasteiger partial charge in [-0.1, -0.05) is 24.3 Å². The average Bonchev–Trinajstić information content (AvgIpc) is 2.71. The van der Waals surface area contributed by atoms with Crippen LogP contribution in [0.3, 0.4) is 0 Å². The average molecular weight is 433 g/mol. The highest BCUT2D eigenvalue weighted by molar-refractivity contribution is 7.90. The molecule has 3 N–H and O–H groups in total. The number of carbonyl (C=O) groups is 1. The molecule has 0 saturated carbocycles. The summed E-state index contributed by atoms with van der Waals surface area (Å²) in [5.74, 6) is 1.07. The van der Waals surface area contributed by atoms with Crippen LogP contribution in [0.4, 0.5) is 0 Å². The molecule has 0 aliphatic carbocycles. The number of aliphatic imine (C=N–C) groups is 1. The van der Waals surface area contributed by atoms with Crippen LogP contribution in [0.5, 0.6) is 5.75 Å². The summed E-state index contributed by atoms with van der Waals surface area (Å²) >= 11 is 0. The summed E-state index contributed by atoms with van der Waals surface area (Å²) in [6.07, 6.45) is 1.19. The van der Waals surface area contributed by atoms with Crippen molar-refractivity contribution in [2.45, 2.75) is 24.9 Å². The van der Waals surface area contributed by atoms with Gasteiger partial charge in [-0.2, -0.15) is 0 Å². The summed E-state index contributed by atoms with van der Waals surface area (Å²) in [4.78, 5) is 16.5. The minimum Gasteiger partial charge on any atom is -0.497 e. The highest BCUT2D eigenvalue weighted by Gasteiger charge is 2.11. The molecule has 0 radical (unpaired) electrons. The number of methoxy groups -OCH3 is 1. The van der Waals surface area contributed by atoms with Crippen LogP contribution in [0.25, 0.3) is 0 Å². The van der Waals surface area contributed by atoms with Crippen molar-refractivity contribution in [2.75, 3.05) is 27.0 Å². The lowest BCUT2D eigenvalue weighted by Gasteiger charge is -2.13. The zero-order valence-corrected chi connectivity index (χ0v) is 18.5. The van der Waals surface area contributed by atoms with Crippen molar-refractivity contribution in [1.29, 1.82) is 0 Å². The first-order chi connectivity index (χ1) is 14.2. The van der Waals surface area contributed by atoms with Gasteiger partial charge in [0.2, 0.25) is 5.91 Å². The van der Waals surface area contributed by atoms with Crippen LogP contribution < -0.4 is 20.7 Å². The number of ether oxygens (including phenoxy) is 1. The molecule has 0 aliphatic heterocycles. The second kappa shape index (κ2) is 10.6.